The number of rotatable bonds is 10. The third-order valence-electron chi connectivity index (χ3n) is 8.85. The minimum Gasteiger partial charge on any atom is -0.871 e. The summed E-state index contributed by atoms with van der Waals surface area (Å²) in [6, 6.07) is 28.8. The fraction of sp³-hybridized carbons (Fsp3) is 0.0909. The minimum absolute atomic E-state index is 0.0304. The van der Waals surface area contributed by atoms with E-state index in [4.69, 9.17) is 51.3 Å². The van der Waals surface area contributed by atoms with Gasteiger partial charge in [-0.15, -0.1) is 0 Å². The van der Waals surface area contributed by atoms with Gasteiger partial charge in [0.2, 0.25) is 0 Å². The van der Waals surface area contributed by atoms with Gasteiger partial charge in [0.15, 0.2) is 28.8 Å². The van der Waals surface area contributed by atoms with E-state index >= 15 is 0 Å². The number of carbonyl (C=O) groups is 1. The molecular formula is C44H32Cl2O8. The van der Waals surface area contributed by atoms with Crippen LogP contribution in [0.3, 0.4) is 0 Å². The lowest BCUT2D eigenvalue weighted by Gasteiger charge is -2.29. The number of Topliss-reactive ketones (excluding diaryl/α,β-unsaturated/α-hetero) is 1. The lowest BCUT2D eigenvalue weighted by molar-refractivity contribution is -0.300. The average Bonchev–Trinajstić information content (AvgIpc) is 3.21. The normalized spacial score (nSPS) is 15.3. The van der Waals surface area contributed by atoms with Gasteiger partial charge >= 0.3 is 11.5 Å². The summed E-state index contributed by atoms with van der Waals surface area (Å²) < 4.78 is 34.5. The fourth-order valence-corrected chi connectivity index (χ4v) is 6.55. The van der Waals surface area contributed by atoms with Crippen molar-refractivity contribution in [3.05, 3.63) is 165 Å². The standard InChI is InChI=1S/C44H32Cl2O8/c1-49-35-15-13-27(23-41(35)51-3)37-19-25(21-39(53-37)29-9-5-7-11-33(29)45)17-31-43(47)32(44(31)48)18-26-20-38(28-14-16-36(50-2)42(24-28)52-4)54-40(22-26)30-10-6-8-12-34(30)46/h5-24H,1-4H3. The van der Waals surface area contributed by atoms with Gasteiger partial charge in [-0.05, 0) is 90.0 Å². The molecular weight excluding hydrogens is 727 g/mol. The first-order chi connectivity index (χ1) is 26.2. The molecule has 1 aliphatic heterocycles. The number of halogens is 2. The Morgan fingerprint density at radius 1 is 0.630 bits per heavy atom. The number of ketones is 1. The van der Waals surface area contributed by atoms with Crippen LogP contribution in [0, 0.1) is 0 Å². The summed E-state index contributed by atoms with van der Waals surface area (Å²) in [6.45, 7) is 0. The fourth-order valence-electron chi connectivity index (χ4n) is 6.09. The van der Waals surface area contributed by atoms with E-state index < -0.39 is 11.5 Å². The SMILES string of the molecule is COc1ccc(C2=CC(=CC3=C([O-])C(=Cc4cc(-c5ccc(OC)c(OC)c5)[o+]c(-c5ccccc5Cl)c4)C3=O)C=C(c3ccccc3Cl)O2)cc1OC. The van der Waals surface area contributed by atoms with Crippen molar-refractivity contribution in [3.8, 4) is 45.6 Å². The van der Waals surface area contributed by atoms with E-state index in [-0.39, 0.29) is 11.1 Å². The van der Waals surface area contributed by atoms with Crippen molar-refractivity contribution in [2.75, 3.05) is 28.4 Å². The maximum atomic E-state index is 13.7. The van der Waals surface area contributed by atoms with Crippen molar-refractivity contribution in [2.24, 2.45) is 0 Å². The van der Waals surface area contributed by atoms with Crippen LogP contribution in [0.25, 0.3) is 40.2 Å². The first-order valence-electron chi connectivity index (χ1n) is 16.6. The quantitative estimate of drug-likeness (QED) is 0.103. The highest BCUT2D eigenvalue weighted by molar-refractivity contribution is 6.33. The number of allylic oxidation sites excluding steroid dienone is 6. The molecule has 0 atom stereocenters. The Labute approximate surface area is 322 Å². The number of methoxy groups -OCH3 is 4. The van der Waals surface area contributed by atoms with Gasteiger partial charge in [0, 0.05) is 28.3 Å². The summed E-state index contributed by atoms with van der Waals surface area (Å²) in [5.74, 6) is 3.11. The van der Waals surface area contributed by atoms with Gasteiger partial charge < -0.3 is 28.8 Å². The van der Waals surface area contributed by atoms with Crippen LogP contribution in [0.4, 0.5) is 0 Å². The van der Waals surface area contributed by atoms with E-state index in [9.17, 15) is 9.90 Å². The number of benzene rings is 4. The molecule has 7 rings (SSSR count). The Morgan fingerprint density at radius 2 is 1.19 bits per heavy atom. The largest absolute Gasteiger partial charge is 0.871 e. The van der Waals surface area contributed by atoms with Crippen molar-refractivity contribution >= 4 is 46.6 Å². The molecule has 0 saturated carbocycles. The van der Waals surface area contributed by atoms with Crippen molar-refractivity contribution in [1.29, 1.82) is 0 Å². The van der Waals surface area contributed by atoms with Crippen molar-refractivity contribution in [3.63, 3.8) is 0 Å². The zero-order valence-corrected chi connectivity index (χ0v) is 31.1. The van der Waals surface area contributed by atoms with Crippen LogP contribution in [0.15, 0.2) is 142 Å². The molecule has 1 aliphatic carbocycles. The maximum absolute atomic E-state index is 13.7. The zero-order valence-electron chi connectivity index (χ0n) is 29.6. The van der Waals surface area contributed by atoms with E-state index in [0.717, 1.165) is 0 Å². The monoisotopic (exact) mass is 758 g/mol. The maximum Gasteiger partial charge on any atom is 0.362 e. The topological polar surface area (TPSA) is 97.6 Å². The molecule has 2 aliphatic rings. The molecule has 10 heteroatoms. The van der Waals surface area contributed by atoms with E-state index in [1.165, 1.54) is 0 Å². The molecule has 0 spiro atoms. The molecule has 0 fully saturated rings. The molecule has 4 aromatic carbocycles. The highest BCUT2D eigenvalue weighted by Gasteiger charge is 2.29. The molecule has 0 unspecified atom stereocenters. The highest BCUT2D eigenvalue weighted by Crippen LogP contribution is 2.41. The van der Waals surface area contributed by atoms with E-state index in [1.807, 2.05) is 48.5 Å². The molecule has 0 N–H and O–H groups in total. The van der Waals surface area contributed by atoms with Gasteiger partial charge in [0.25, 0.3) is 0 Å². The van der Waals surface area contributed by atoms with E-state index in [2.05, 4.69) is 0 Å². The summed E-state index contributed by atoms with van der Waals surface area (Å²) in [5, 5.41) is 14.7. The molecule has 1 aromatic heterocycles. The first kappa shape index (κ1) is 36.2. The number of hydrogen-bond donors (Lipinski definition) is 0. The number of ether oxygens (including phenoxy) is 5. The molecule has 0 bridgehead atoms. The molecule has 0 radical (unpaired) electrons. The predicted molar refractivity (Wildman–Crippen MR) is 208 cm³/mol. The smallest absolute Gasteiger partial charge is 0.362 e. The van der Waals surface area contributed by atoms with Gasteiger partial charge in [0.05, 0.1) is 61.7 Å². The summed E-state index contributed by atoms with van der Waals surface area (Å²) in [4.78, 5) is 13.7. The van der Waals surface area contributed by atoms with Crippen LogP contribution in [0.5, 0.6) is 23.0 Å². The highest BCUT2D eigenvalue weighted by atomic mass is 35.5. The van der Waals surface area contributed by atoms with Gasteiger partial charge in [0.1, 0.15) is 11.5 Å². The van der Waals surface area contributed by atoms with Gasteiger partial charge in [-0.25, -0.2) is 4.42 Å². The molecule has 5 aromatic rings. The summed E-state index contributed by atoms with van der Waals surface area (Å²) in [5.41, 5.74) is 3.83. The van der Waals surface area contributed by atoms with Crippen LogP contribution in [-0.4, -0.2) is 34.2 Å². The molecule has 0 saturated heterocycles. The Morgan fingerprint density at radius 3 is 1.80 bits per heavy atom. The number of hydrogen-bond acceptors (Lipinski definition) is 7. The van der Waals surface area contributed by atoms with Crippen LogP contribution in [-0.2, 0) is 9.53 Å². The van der Waals surface area contributed by atoms with Gasteiger partial charge in [-0.2, -0.15) is 0 Å². The zero-order chi connectivity index (χ0) is 37.9. The van der Waals surface area contributed by atoms with Gasteiger partial charge in [-0.1, -0.05) is 53.2 Å². The van der Waals surface area contributed by atoms with Crippen LogP contribution in [0.1, 0.15) is 16.7 Å². The predicted octanol–water partition coefficient (Wildman–Crippen LogP) is 9.86. The lowest BCUT2D eigenvalue weighted by atomic mass is 9.85. The Bertz CT molecular complexity index is 2470. The third kappa shape index (κ3) is 7.09. The first-order valence-corrected chi connectivity index (χ1v) is 17.4. The minimum atomic E-state index is -0.402. The molecule has 0 amide bonds. The van der Waals surface area contributed by atoms with E-state index in [1.54, 1.807) is 101 Å². The molecule has 2 heterocycles. The second-order valence-corrected chi connectivity index (χ2v) is 12.9. The summed E-state index contributed by atoms with van der Waals surface area (Å²) in [7, 11) is 6.21. The van der Waals surface area contributed by atoms with Crippen molar-refractivity contribution < 1.29 is 38.0 Å². The third-order valence-corrected chi connectivity index (χ3v) is 9.51. The Hall–Kier alpha value is -6.22. The summed E-state index contributed by atoms with van der Waals surface area (Å²) in [6.07, 6.45) is 6.62. The van der Waals surface area contributed by atoms with E-state index in [0.29, 0.717) is 89.5 Å². The van der Waals surface area contributed by atoms with Crippen molar-refractivity contribution in [1.82, 2.24) is 0 Å². The molecule has 8 nitrogen and oxygen atoms in total. The second kappa shape index (κ2) is 15.4. The Balaban J connectivity index is 1.31. The lowest BCUT2D eigenvalue weighted by Crippen LogP contribution is -2.29. The van der Waals surface area contributed by atoms with Gasteiger partial charge in [-0.3, -0.25) is 4.79 Å². The average molecular weight is 760 g/mol. The van der Waals surface area contributed by atoms with Crippen LogP contribution >= 0.6 is 23.2 Å². The summed E-state index contributed by atoms with van der Waals surface area (Å²) >= 11 is 13.1. The van der Waals surface area contributed by atoms with Crippen LogP contribution in [0.2, 0.25) is 10.0 Å². The molecule has 54 heavy (non-hydrogen) atoms. The van der Waals surface area contributed by atoms with Crippen molar-refractivity contribution in [2.45, 2.75) is 0 Å². The number of carbonyl (C=O) groups excluding carboxylic acids is 1. The Kier molecular flexibility index (Phi) is 10.3. The van der Waals surface area contributed by atoms with Crippen LogP contribution < -0.4 is 24.1 Å². The molecule has 270 valence electrons. The second-order valence-electron chi connectivity index (χ2n) is 12.1.